The van der Waals surface area contributed by atoms with Crippen LogP contribution in [0.3, 0.4) is 0 Å². The first kappa shape index (κ1) is 23.0. The first-order valence-electron chi connectivity index (χ1n) is 10.8. The number of carboxylic acid groups (broad SMARTS) is 2. The summed E-state index contributed by atoms with van der Waals surface area (Å²) in [6.07, 6.45) is 10.5. The molecular weight excluding hydrogens is 328 g/mol. The summed E-state index contributed by atoms with van der Waals surface area (Å²) in [7, 11) is 0. The Morgan fingerprint density at radius 2 is 1.12 bits per heavy atom. The number of rotatable bonds is 12. The Morgan fingerprint density at radius 3 is 1.38 bits per heavy atom. The molecule has 1 aliphatic rings. The van der Waals surface area contributed by atoms with Gasteiger partial charge in [-0.3, -0.25) is 9.59 Å². The van der Waals surface area contributed by atoms with Gasteiger partial charge in [0.05, 0.1) is 10.8 Å². The minimum Gasteiger partial charge on any atom is -0.481 e. The quantitative estimate of drug-likeness (QED) is 0.406. The Bertz CT molecular complexity index is 419. The van der Waals surface area contributed by atoms with E-state index in [0.29, 0.717) is 12.8 Å². The fraction of sp³-hybridized carbons (Fsp3) is 0.909. The van der Waals surface area contributed by atoms with Crippen molar-refractivity contribution in [1.82, 2.24) is 0 Å². The first-order chi connectivity index (χ1) is 12.3. The van der Waals surface area contributed by atoms with Crippen LogP contribution < -0.4 is 0 Å². The van der Waals surface area contributed by atoms with E-state index in [1.807, 2.05) is 13.8 Å². The summed E-state index contributed by atoms with van der Waals surface area (Å²) in [5.74, 6) is -2.00. The number of carboxylic acids is 2. The van der Waals surface area contributed by atoms with Crippen molar-refractivity contribution in [2.45, 2.75) is 105 Å². The molecule has 1 rings (SSSR count). The van der Waals surface area contributed by atoms with E-state index < -0.39 is 22.8 Å². The third-order valence-corrected chi connectivity index (χ3v) is 7.12. The second kappa shape index (κ2) is 10.3. The molecule has 1 fully saturated rings. The maximum absolute atomic E-state index is 12.6. The van der Waals surface area contributed by atoms with Gasteiger partial charge in [-0.1, -0.05) is 79.1 Å². The number of hydrogen-bond acceptors (Lipinski definition) is 2. The zero-order valence-electron chi connectivity index (χ0n) is 17.4. The zero-order valence-corrected chi connectivity index (χ0v) is 17.4. The molecule has 2 N–H and O–H groups in total. The van der Waals surface area contributed by atoms with Gasteiger partial charge in [-0.05, 0) is 37.5 Å². The molecule has 0 saturated heterocycles. The largest absolute Gasteiger partial charge is 0.481 e. The fourth-order valence-corrected chi connectivity index (χ4v) is 5.54. The lowest BCUT2D eigenvalue weighted by Gasteiger charge is -2.54. The summed E-state index contributed by atoms with van der Waals surface area (Å²) in [5, 5.41) is 20.7. The van der Waals surface area contributed by atoms with Crippen LogP contribution >= 0.6 is 0 Å². The molecule has 152 valence electrons. The maximum Gasteiger partial charge on any atom is 0.311 e. The van der Waals surface area contributed by atoms with Crippen LogP contribution in [0.15, 0.2) is 0 Å². The van der Waals surface area contributed by atoms with E-state index >= 15 is 0 Å². The van der Waals surface area contributed by atoms with Gasteiger partial charge in [-0.15, -0.1) is 0 Å². The topological polar surface area (TPSA) is 74.6 Å². The van der Waals surface area contributed by atoms with Crippen LogP contribution in [0, 0.1) is 22.7 Å². The summed E-state index contributed by atoms with van der Waals surface area (Å²) in [6, 6.07) is 0. The molecule has 0 aromatic rings. The average Bonchev–Trinajstić information content (AvgIpc) is 2.61. The highest BCUT2D eigenvalue weighted by molar-refractivity contribution is 5.87. The van der Waals surface area contributed by atoms with Crippen molar-refractivity contribution in [2.24, 2.45) is 22.7 Å². The zero-order chi connectivity index (χ0) is 19.8. The second-order valence-electron chi connectivity index (χ2n) is 8.55. The first-order valence-corrected chi connectivity index (χ1v) is 10.8. The van der Waals surface area contributed by atoms with Gasteiger partial charge in [-0.25, -0.2) is 0 Å². The highest BCUT2D eigenvalue weighted by atomic mass is 16.4. The van der Waals surface area contributed by atoms with Crippen molar-refractivity contribution in [2.75, 3.05) is 0 Å². The molecule has 4 atom stereocenters. The molecule has 4 nitrogen and oxygen atoms in total. The molecule has 0 aromatic carbocycles. The molecule has 0 amide bonds. The molecule has 1 saturated carbocycles. The molecule has 0 radical (unpaired) electrons. The summed E-state index contributed by atoms with van der Waals surface area (Å²) in [5.41, 5.74) is -2.28. The number of carbonyl (C=O) groups is 2. The van der Waals surface area contributed by atoms with Crippen molar-refractivity contribution in [1.29, 1.82) is 0 Å². The minimum absolute atomic E-state index is 0.114. The Labute approximate surface area is 159 Å². The summed E-state index contributed by atoms with van der Waals surface area (Å²) in [6.45, 7) is 8.25. The molecular formula is C22H40O4. The van der Waals surface area contributed by atoms with Gasteiger partial charge in [0.2, 0.25) is 0 Å². The van der Waals surface area contributed by atoms with Gasteiger partial charge in [0.25, 0.3) is 0 Å². The van der Waals surface area contributed by atoms with E-state index in [2.05, 4.69) is 13.8 Å². The highest BCUT2D eigenvalue weighted by Crippen LogP contribution is 2.61. The Balaban J connectivity index is 3.30. The lowest BCUT2D eigenvalue weighted by molar-refractivity contribution is -0.195. The molecule has 0 spiro atoms. The highest BCUT2D eigenvalue weighted by Gasteiger charge is 2.66. The van der Waals surface area contributed by atoms with E-state index in [1.165, 1.54) is 0 Å². The Hall–Kier alpha value is -1.06. The van der Waals surface area contributed by atoms with Crippen LogP contribution in [0.1, 0.15) is 105 Å². The Morgan fingerprint density at radius 1 is 0.769 bits per heavy atom. The van der Waals surface area contributed by atoms with Crippen molar-refractivity contribution >= 4 is 11.9 Å². The van der Waals surface area contributed by atoms with Gasteiger partial charge in [0.15, 0.2) is 0 Å². The molecule has 4 unspecified atom stereocenters. The van der Waals surface area contributed by atoms with Crippen molar-refractivity contribution in [3.63, 3.8) is 0 Å². The number of unbranched alkanes of at least 4 members (excludes halogenated alkanes) is 4. The number of hydrogen-bond donors (Lipinski definition) is 2. The van der Waals surface area contributed by atoms with Gasteiger partial charge in [0.1, 0.15) is 0 Å². The minimum atomic E-state index is -1.14. The van der Waals surface area contributed by atoms with Crippen molar-refractivity contribution in [3.8, 4) is 0 Å². The third-order valence-electron chi connectivity index (χ3n) is 7.12. The SMILES string of the molecule is CCCCCC(C)C1(C(=O)O)CCCCC1(C(=O)O)C(C)CCCCC. The maximum atomic E-state index is 12.6. The predicted octanol–water partition coefficient (Wildman–Crippen LogP) is 6.14. The standard InChI is InChI=1S/C22H40O4/c1-5-7-9-13-17(3)21(19(23)24)15-11-12-16-22(21,20(25)26)18(4)14-10-8-6-2/h17-18H,5-16H2,1-4H3,(H,23,24)(H,25,26). The molecule has 1 aliphatic carbocycles. The lowest BCUT2D eigenvalue weighted by Crippen LogP contribution is -2.60. The van der Waals surface area contributed by atoms with E-state index in [4.69, 9.17) is 0 Å². The molecule has 0 bridgehead atoms. The monoisotopic (exact) mass is 368 g/mol. The third kappa shape index (κ3) is 4.26. The van der Waals surface area contributed by atoms with Gasteiger partial charge in [-0.2, -0.15) is 0 Å². The van der Waals surface area contributed by atoms with E-state index in [1.54, 1.807) is 0 Å². The molecule has 4 heteroatoms. The molecule has 0 aliphatic heterocycles. The molecule has 0 aromatic heterocycles. The lowest BCUT2D eigenvalue weighted by atomic mass is 9.46. The van der Waals surface area contributed by atoms with Crippen molar-refractivity contribution < 1.29 is 19.8 Å². The van der Waals surface area contributed by atoms with E-state index in [0.717, 1.165) is 64.2 Å². The molecule has 0 heterocycles. The van der Waals surface area contributed by atoms with Crippen molar-refractivity contribution in [3.05, 3.63) is 0 Å². The second-order valence-corrected chi connectivity index (χ2v) is 8.55. The van der Waals surface area contributed by atoms with Crippen LogP contribution in [0.2, 0.25) is 0 Å². The van der Waals surface area contributed by atoms with Crippen LogP contribution in [-0.2, 0) is 9.59 Å². The smallest absolute Gasteiger partial charge is 0.311 e. The van der Waals surface area contributed by atoms with Crippen LogP contribution in [-0.4, -0.2) is 22.2 Å². The van der Waals surface area contributed by atoms with Gasteiger partial charge in [0, 0.05) is 0 Å². The predicted molar refractivity (Wildman–Crippen MR) is 105 cm³/mol. The summed E-state index contributed by atoms with van der Waals surface area (Å²) in [4.78, 5) is 25.3. The van der Waals surface area contributed by atoms with Crippen LogP contribution in [0.4, 0.5) is 0 Å². The summed E-state index contributed by atoms with van der Waals surface area (Å²) >= 11 is 0. The van der Waals surface area contributed by atoms with E-state index in [9.17, 15) is 19.8 Å². The van der Waals surface area contributed by atoms with E-state index in [-0.39, 0.29) is 11.8 Å². The Kier molecular flexibility index (Phi) is 9.12. The number of aliphatic carboxylic acids is 2. The fourth-order valence-electron chi connectivity index (χ4n) is 5.54. The van der Waals surface area contributed by atoms with Gasteiger partial charge >= 0.3 is 11.9 Å². The van der Waals surface area contributed by atoms with Gasteiger partial charge < -0.3 is 10.2 Å². The van der Waals surface area contributed by atoms with Crippen LogP contribution in [0.25, 0.3) is 0 Å². The molecule has 26 heavy (non-hydrogen) atoms. The summed E-state index contributed by atoms with van der Waals surface area (Å²) < 4.78 is 0. The van der Waals surface area contributed by atoms with Crippen LogP contribution in [0.5, 0.6) is 0 Å². The normalized spacial score (nSPS) is 28.5. The average molecular weight is 369 g/mol.